The Bertz CT molecular complexity index is 981. The fourth-order valence-corrected chi connectivity index (χ4v) is 3.16. The molecule has 0 amide bonds. The van der Waals surface area contributed by atoms with Gasteiger partial charge in [-0.15, -0.1) is 6.58 Å². The second-order valence-electron chi connectivity index (χ2n) is 6.12. The van der Waals surface area contributed by atoms with E-state index >= 15 is 0 Å². The van der Waals surface area contributed by atoms with E-state index in [0.29, 0.717) is 31.0 Å². The fourth-order valence-electron chi connectivity index (χ4n) is 3.16. The number of rotatable bonds is 7. The fraction of sp³-hybridized carbons (Fsp3) is 0.190. The first-order valence-electron chi connectivity index (χ1n) is 8.67. The summed E-state index contributed by atoms with van der Waals surface area (Å²) in [6.45, 7) is 4.66. The van der Waals surface area contributed by atoms with Crippen LogP contribution in [0.15, 0.2) is 43.0 Å². The van der Waals surface area contributed by atoms with Crippen molar-refractivity contribution in [3.63, 3.8) is 0 Å². The first-order valence-corrected chi connectivity index (χ1v) is 8.67. The minimum Gasteiger partial charge on any atom is -0.465 e. The van der Waals surface area contributed by atoms with Crippen molar-refractivity contribution in [3.8, 4) is 0 Å². The maximum atomic E-state index is 13.1. The first kappa shape index (κ1) is 19.3. The lowest BCUT2D eigenvalue weighted by Gasteiger charge is -2.23. The highest BCUT2D eigenvalue weighted by molar-refractivity contribution is 6.32. The number of nitrogen functional groups attached to an aromatic ring is 1. The second-order valence-corrected chi connectivity index (χ2v) is 6.12. The number of anilines is 2. The van der Waals surface area contributed by atoms with Gasteiger partial charge < -0.3 is 20.5 Å². The van der Waals surface area contributed by atoms with E-state index in [9.17, 15) is 14.4 Å². The smallest absolute Gasteiger partial charge is 0.340 e. The summed E-state index contributed by atoms with van der Waals surface area (Å²) in [6, 6.07) is 7.97. The molecule has 0 fully saturated rings. The van der Waals surface area contributed by atoms with Crippen molar-refractivity contribution in [3.05, 3.63) is 70.8 Å². The molecule has 3 rings (SSSR count). The van der Waals surface area contributed by atoms with Gasteiger partial charge in [-0.2, -0.15) is 0 Å². The lowest BCUT2D eigenvalue weighted by molar-refractivity contribution is 0.0601. The van der Waals surface area contributed by atoms with Gasteiger partial charge in [0.05, 0.1) is 42.7 Å². The lowest BCUT2D eigenvalue weighted by Crippen LogP contribution is -2.26. The number of nitrogens with one attached hydrogen (secondary N) is 1. The summed E-state index contributed by atoms with van der Waals surface area (Å²) in [6.07, 6.45) is 1.62. The molecule has 0 saturated carbocycles. The van der Waals surface area contributed by atoms with Crippen LogP contribution in [-0.2, 0) is 9.47 Å². The van der Waals surface area contributed by atoms with Gasteiger partial charge in [-0.1, -0.05) is 30.3 Å². The van der Waals surface area contributed by atoms with Crippen LogP contribution in [0.3, 0.4) is 0 Å². The molecule has 7 nitrogen and oxygen atoms in total. The number of carbonyl (C=O) groups is 3. The summed E-state index contributed by atoms with van der Waals surface area (Å²) in [5.74, 6) is -1.42. The van der Waals surface area contributed by atoms with Gasteiger partial charge in [-0.3, -0.25) is 9.59 Å². The van der Waals surface area contributed by atoms with E-state index in [1.165, 1.54) is 13.2 Å². The van der Waals surface area contributed by atoms with E-state index in [2.05, 4.69) is 11.9 Å². The summed E-state index contributed by atoms with van der Waals surface area (Å²) < 4.78 is 10.1. The second kappa shape index (κ2) is 8.06. The average molecular weight is 380 g/mol. The number of carbonyl (C=O) groups excluding carboxylic acids is 3. The van der Waals surface area contributed by atoms with Crippen LogP contribution in [0.5, 0.6) is 0 Å². The zero-order valence-corrected chi connectivity index (χ0v) is 15.4. The Morgan fingerprint density at radius 2 is 1.82 bits per heavy atom. The minimum atomic E-state index is -0.689. The Balaban J connectivity index is 2.12. The summed E-state index contributed by atoms with van der Waals surface area (Å²) in [5.41, 5.74) is 7.13. The van der Waals surface area contributed by atoms with Crippen molar-refractivity contribution in [1.82, 2.24) is 0 Å². The van der Waals surface area contributed by atoms with Crippen molar-refractivity contribution in [1.29, 1.82) is 0 Å². The molecule has 0 heterocycles. The molecule has 2 aromatic rings. The SMILES string of the molecule is C=CCOCCNc1cc(C(=O)OC)c(N)c2c1C(=O)c1ccccc1C2=O. The van der Waals surface area contributed by atoms with Gasteiger partial charge in [0.15, 0.2) is 11.6 Å². The van der Waals surface area contributed by atoms with Crippen LogP contribution in [0.1, 0.15) is 42.2 Å². The highest BCUT2D eigenvalue weighted by atomic mass is 16.5. The van der Waals surface area contributed by atoms with E-state index in [1.54, 1.807) is 30.3 Å². The lowest BCUT2D eigenvalue weighted by atomic mass is 9.81. The molecule has 1 aliphatic rings. The maximum Gasteiger partial charge on any atom is 0.340 e. The summed E-state index contributed by atoms with van der Waals surface area (Å²) in [5, 5.41) is 3.06. The molecule has 0 aliphatic heterocycles. The van der Waals surface area contributed by atoms with Crippen LogP contribution in [0, 0.1) is 0 Å². The third-order valence-corrected chi connectivity index (χ3v) is 4.44. The number of nitrogens with two attached hydrogens (primary N) is 1. The van der Waals surface area contributed by atoms with Gasteiger partial charge in [0.1, 0.15) is 0 Å². The van der Waals surface area contributed by atoms with Gasteiger partial charge in [-0.05, 0) is 6.07 Å². The van der Waals surface area contributed by atoms with Crippen LogP contribution in [0.4, 0.5) is 11.4 Å². The quantitative estimate of drug-likeness (QED) is 0.280. The number of ketones is 2. The molecular weight excluding hydrogens is 360 g/mol. The number of methoxy groups -OCH3 is 1. The van der Waals surface area contributed by atoms with E-state index in [-0.39, 0.29) is 33.7 Å². The van der Waals surface area contributed by atoms with Gasteiger partial charge in [0.25, 0.3) is 0 Å². The Morgan fingerprint density at radius 3 is 2.43 bits per heavy atom. The Kier molecular flexibility index (Phi) is 5.56. The zero-order chi connectivity index (χ0) is 20.3. The number of hydrogen-bond acceptors (Lipinski definition) is 7. The summed E-state index contributed by atoms with van der Waals surface area (Å²) >= 11 is 0. The van der Waals surface area contributed by atoms with Crippen molar-refractivity contribution >= 4 is 28.9 Å². The first-order chi connectivity index (χ1) is 13.5. The average Bonchev–Trinajstić information content (AvgIpc) is 2.71. The molecule has 0 unspecified atom stereocenters. The molecule has 0 radical (unpaired) electrons. The molecule has 2 aromatic carbocycles. The van der Waals surface area contributed by atoms with Crippen LogP contribution >= 0.6 is 0 Å². The topological polar surface area (TPSA) is 108 Å². The number of hydrogen-bond donors (Lipinski definition) is 2. The largest absolute Gasteiger partial charge is 0.465 e. The van der Waals surface area contributed by atoms with E-state index in [0.717, 1.165) is 0 Å². The van der Waals surface area contributed by atoms with Crippen molar-refractivity contribution in [2.24, 2.45) is 0 Å². The van der Waals surface area contributed by atoms with E-state index in [1.807, 2.05) is 0 Å². The van der Waals surface area contributed by atoms with Crippen molar-refractivity contribution < 1.29 is 23.9 Å². The van der Waals surface area contributed by atoms with Crippen molar-refractivity contribution in [2.45, 2.75) is 0 Å². The predicted octanol–water partition coefficient (Wildman–Crippen LogP) is 2.45. The Hall–Kier alpha value is -3.45. The van der Waals surface area contributed by atoms with Crippen LogP contribution in [0.2, 0.25) is 0 Å². The molecule has 0 aromatic heterocycles. The highest BCUT2D eigenvalue weighted by Gasteiger charge is 2.35. The molecule has 0 atom stereocenters. The molecular formula is C21H20N2O5. The number of fused-ring (bicyclic) bond motifs is 2. The molecule has 0 spiro atoms. The van der Waals surface area contributed by atoms with Crippen LogP contribution in [0.25, 0.3) is 0 Å². The third kappa shape index (κ3) is 3.27. The predicted molar refractivity (Wildman–Crippen MR) is 105 cm³/mol. The number of esters is 1. The molecule has 3 N–H and O–H groups in total. The Labute approximate surface area is 162 Å². The molecule has 1 aliphatic carbocycles. The third-order valence-electron chi connectivity index (χ3n) is 4.44. The number of ether oxygens (including phenoxy) is 2. The van der Waals surface area contributed by atoms with E-state index in [4.69, 9.17) is 15.2 Å². The molecule has 28 heavy (non-hydrogen) atoms. The minimum absolute atomic E-state index is 0.0149. The molecule has 0 bridgehead atoms. The molecule has 7 heteroatoms. The van der Waals surface area contributed by atoms with Gasteiger partial charge in [0, 0.05) is 23.4 Å². The van der Waals surface area contributed by atoms with Gasteiger partial charge >= 0.3 is 5.97 Å². The van der Waals surface area contributed by atoms with Crippen molar-refractivity contribution in [2.75, 3.05) is 37.9 Å². The van der Waals surface area contributed by atoms with Gasteiger partial charge in [0.2, 0.25) is 0 Å². The highest BCUT2D eigenvalue weighted by Crippen LogP contribution is 2.37. The van der Waals surface area contributed by atoms with E-state index < -0.39 is 11.8 Å². The number of benzene rings is 2. The molecule has 0 saturated heterocycles. The van der Waals surface area contributed by atoms with Crippen LogP contribution in [-0.4, -0.2) is 44.4 Å². The normalized spacial score (nSPS) is 12.2. The molecule has 144 valence electrons. The maximum absolute atomic E-state index is 13.1. The summed E-state index contributed by atoms with van der Waals surface area (Å²) in [4.78, 5) is 38.3. The van der Waals surface area contributed by atoms with Crippen LogP contribution < -0.4 is 11.1 Å². The Morgan fingerprint density at radius 1 is 1.18 bits per heavy atom. The standard InChI is InChI=1S/C21H20N2O5/c1-3-9-28-10-8-23-15-11-14(21(26)27-2)18(22)17-16(15)19(24)12-6-4-5-7-13(12)20(17)25/h3-7,11,23H,1,8-10,22H2,2H3. The monoisotopic (exact) mass is 380 g/mol. The van der Waals surface area contributed by atoms with Gasteiger partial charge in [-0.25, -0.2) is 4.79 Å². The summed E-state index contributed by atoms with van der Waals surface area (Å²) in [7, 11) is 1.22. The zero-order valence-electron chi connectivity index (χ0n) is 15.4.